The number of aromatic nitrogens is 3. The Hall–Kier alpha value is -2.63. The number of anilines is 1. The number of thiophene rings is 1. The molecule has 174 valence electrons. The summed E-state index contributed by atoms with van der Waals surface area (Å²) in [5.74, 6) is 0.743. The molecular weight excluding hydrogens is 464 g/mol. The smallest absolute Gasteiger partial charge is 0.341 e. The highest BCUT2D eigenvalue weighted by atomic mass is 32.2. The zero-order valence-corrected chi connectivity index (χ0v) is 19.8. The molecule has 1 unspecified atom stereocenters. The average Bonchev–Trinajstić information content (AvgIpc) is 3.61. The largest absolute Gasteiger partial charge is 0.465 e. The number of nitrogens with one attached hydrogen (secondary N) is 1. The minimum atomic E-state index is -0.406. The van der Waals surface area contributed by atoms with Crippen molar-refractivity contribution in [1.82, 2.24) is 14.8 Å². The van der Waals surface area contributed by atoms with Gasteiger partial charge in [0, 0.05) is 11.5 Å². The lowest BCUT2D eigenvalue weighted by atomic mass is 10.1. The fourth-order valence-electron chi connectivity index (χ4n) is 4.24. The van der Waals surface area contributed by atoms with Crippen molar-refractivity contribution in [3.05, 3.63) is 34.4 Å². The van der Waals surface area contributed by atoms with Crippen LogP contribution in [0, 0.1) is 0 Å². The van der Waals surface area contributed by atoms with Crippen molar-refractivity contribution in [3.8, 4) is 11.6 Å². The predicted molar refractivity (Wildman–Crippen MR) is 124 cm³/mol. The Morgan fingerprint density at radius 1 is 1.33 bits per heavy atom. The normalized spacial score (nSPS) is 17.3. The Labute approximate surface area is 198 Å². The van der Waals surface area contributed by atoms with Crippen LogP contribution in [0.4, 0.5) is 5.00 Å². The van der Waals surface area contributed by atoms with E-state index in [-0.39, 0.29) is 17.8 Å². The molecule has 2 aliphatic rings. The molecule has 3 aromatic heterocycles. The van der Waals surface area contributed by atoms with Crippen LogP contribution in [0.15, 0.2) is 28.0 Å². The molecule has 33 heavy (non-hydrogen) atoms. The number of hydrogen-bond acceptors (Lipinski definition) is 9. The van der Waals surface area contributed by atoms with Crippen LogP contribution in [0.5, 0.6) is 0 Å². The van der Waals surface area contributed by atoms with E-state index >= 15 is 0 Å². The van der Waals surface area contributed by atoms with Gasteiger partial charge in [-0.25, -0.2) is 4.79 Å². The quantitative estimate of drug-likeness (QED) is 0.377. The molecule has 0 spiro atoms. The van der Waals surface area contributed by atoms with E-state index in [1.807, 2.05) is 10.6 Å². The Balaban J connectivity index is 1.31. The highest BCUT2D eigenvalue weighted by Gasteiger charge is 2.28. The SMILES string of the molecule is COC(=O)c1c(NC(=O)CSc2nnc(-c3ccco3)n2CC2CCCO2)sc2c1CCC2. The average molecular weight is 489 g/mol. The van der Waals surface area contributed by atoms with Gasteiger partial charge in [0.2, 0.25) is 11.7 Å². The van der Waals surface area contributed by atoms with Gasteiger partial charge in [-0.05, 0) is 49.8 Å². The third-order valence-electron chi connectivity index (χ3n) is 5.76. The summed E-state index contributed by atoms with van der Waals surface area (Å²) < 4.78 is 18.2. The lowest BCUT2D eigenvalue weighted by Crippen LogP contribution is -2.18. The van der Waals surface area contributed by atoms with E-state index in [1.54, 1.807) is 12.3 Å². The maximum Gasteiger partial charge on any atom is 0.341 e. The van der Waals surface area contributed by atoms with E-state index < -0.39 is 5.97 Å². The Bertz CT molecular complexity index is 1150. The molecule has 0 aromatic carbocycles. The molecule has 1 saturated heterocycles. The summed E-state index contributed by atoms with van der Waals surface area (Å²) in [6, 6.07) is 3.64. The van der Waals surface area contributed by atoms with Gasteiger partial charge in [-0.3, -0.25) is 9.36 Å². The van der Waals surface area contributed by atoms with Crippen LogP contribution in [-0.4, -0.2) is 52.2 Å². The number of ether oxygens (including phenoxy) is 2. The maximum atomic E-state index is 12.8. The number of amides is 1. The first-order valence-corrected chi connectivity index (χ1v) is 12.7. The highest BCUT2D eigenvalue weighted by molar-refractivity contribution is 7.99. The number of nitrogens with zero attached hydrogens (tertiary/aromatic N) is 3. The summed E-state index contributed by atoms with van der Waals surface area (Å²) in [4.78, 5) is 26.3. The molecule has 1 aliphatic heterocycles. The van der Waals surface area contributed by atoms with Gasteiger partial charge >= 0.3 is 5.97 Å². The van der Waals surface area contributed by atoms with Crippen molar-refractivity contribution in [1.29, 1.82) is 0 Å². The molecule has 0 saturated carbocycles. The lowest BCUT2D eigenvalue weighted by molar-refractivity contribution is -0.113. The topological polar surface area (TPSA) is 108 Å². The van der Waals surface area contributed by atoms with E-state index in [0.717, 1.165) is 49.2 Å². The van der Waals surface area contributed by atoms with Gasteiger partial charge in [-0.15, -0.1) is 21.5 Å². The van der Waals surface area contributed by atoms with Gasteiger partial charge in [0.05, 0.1) is 37.3 Å². The summed E-state index contributed by atoms with van der Waals surface area (Å²) in [7, 11) is 1.36. The van der Waals surface area contributed by atoms with Crippen LogP contribution in [0.25, 0.3) is 11.6 Å². The van der Waals surface area contributed by atoms with Crippen LogP contribution in [-0.2, 0) is 33.7 Å². The van der Waals surface area contributed by atoms with Gasteiger partial charge in [-0.2, -0.15) is 0 Å². The second-order valence-electron chi connectivity index (χ2n) is 7.92. The fraction of sp³-hybridized carbons (Fsp3) is 0.455. The Morgan fingerprint density at radius 3 is 3.00 bits per heavy atom. The Morgan fingerprint density at radius 2 is 2.24 bits per heavy atom. The number of carbonyl (C=O) groups is 2. The first-order chi connectivity index (χ1) is 16.1. The standard InChI is InChI=1S/C22H24N4O5S2/c1-29-21(28)18-14-6-2-8-16(14)33-20(18)23-17(27)12-32-22-25-24-19(15-7-4-10-31-15)26(22)11-13-5-3-9-30-13/h4,7,10,13H,2-3,5-6,8-9,11-12H2,1H3,(H,23,27). The second-order valence-corrected chi connectivity index (χ2v) is 9.97. The number of fused-ring (bicyclic) bond motifs is 1. The van der Waals surface area contributed by atoms with Crippen molar-refractivity contribution < 1.29 is 23.5 Å². The van der Waals surface area contributed by atoms with Crippen molar-refractivity contribution >= 4 is 40.0 Å². The first kappa shape index (κ1) is 22.2. The van der Waals surface area contributed by atoms with Crippen LogP contribution in [0.2, 0.25) is 0 Å². The van der Waals surface area contributed by atoms with Crippen molar-refractivity contribution in [2.75, 3.05) is 24.8 Å². The van der Waals surface area contributed by atoms with Gasteiger partial charge in [0.25, 0.3) is 0 Å². The summed E-state index contributed by atoms with van der Waals surface area (Å²) in [5, 5.41) is 12.7. The molecule has 1 atom stereocenters. The molecule has 11 heteroatoms. The summed E-state index contributed by atoms with van der Waals surface area (Å²) >= 11 is 2.76. The number of methoxy groups -OCH3 is 1. The third kappa shape index (κ3) is 4.57. The molecule has 3 aromatic rings. The lowest BCUT2D eigenvalue weighted by Gasteiger charge is -2.14. The van der Waals surface area contributed by atoms with Crippen molar-refractivity contribution in [2.24, 2.45) is 0 Å². The van der Waals surface area contributed by atoms with E-state index in [0.29, 0.717) is 33.9 Å². The van der Waals surface area contributed by atoms with Crippen LogP contribution < -0.4 is 5.32 Å². The monoisotopic (exact) mass is 488 g/mol. The van der Waals surface area contributed by atoms with Crippen molar-refractivity contribution in [2.45, 2.75) is 49.9 Å². The minimum absolute atomic E-state index is 0.0824. The Kier molecular flexibility index (Phi) is 6.52. The number of esters is 1. The maximum absolute atomic E-state index is 12.8. The number of rotatable bonds is 8. The van der Waals surface area contributed by atoms with Gasteiger partial charge in [-0.1, -0.05) is 11.8 Å². The first-order valence-electron chi connectivity index (χ1n) is 10.9. The molecule has 4 heterocycles. The number of hydrogen-bond donors (Lipinski definition) is 1. The molecule has 1 aliphatic carbocycles. The molecule has 0 bridgehead atoms. The van der Waals surface area contributed by atoms with E-state index in [1.165, 1.54) is 30.2 Å². The molecule has 1 amide bonds. The van der Waals surface area contributed by atoms with E-state index in [4.69, 9.17) is 13.9 Å². The van der Waals surface area contributed by atoms with Crippen LogP contribution >= 0.6 is 23.1 Å². The van der Waals surface area contributed by atoms with Crippen LogP contribution in [0.1, 0.15) is 40.1 Å². The second kappa shape index (κ2) is 9.70. The predicted octanol–water partition coefficient (Wildman–Crippen LogP) is 3.78. The van der Waals surface area contributed by atoms with E-state index in [9.17, 15) is 9.59 Å². The molecule has 1 N–H and O–H groups in total. The number of thioether (sulfide) groups is 1. The number of carbonyl (C=O) groups excluding carboxylic acids is 2. The third-order valence-corrected chi connectivity index (χ3v) is 7.94. The molecule has 5 rings (SSSR count). The zero-order valence-electron chi connectivity index (χ0n) is 18.2. The number of furan rings is 1. The number of aryl methyl sites for hydroxylation is 1. The highest BCUT2D eigenvalue weighted by Crippen LogP contribution is 2.39. The minimum Gasteiger partial charge on any atom is -0.465 e. The van der Waals surface area contributed by atoms with Gasteiger partial charge in [0.1, 0.15) is 5.00 Å². The summed E-state index contributed by atoms with van der Waals surface area (Å²) in [5.41, 5.74) is 1.50. The van der Waals surface area contributed by atoms with Crippen LogP contribution in [0.3, 0.4) is 0 Å². The molecule has 1 fully saturated rings. The molecular formula is C22H24N4O5S2. The van der Waals surface area contributed by atoms with Gasteiger partial charge in [0.15, 0.2) is 10.9 Å². The molecule has 9 nitrogen and oxygen atoms in total. The molecule has 0 radical (unpaired) electrons. The van der Waals surface area contributed by atoms with Crippen molar-refractivity contribution in [3.63, 3.8) is 0 Å². The van der Waals surface area contributed by atoms with E-state index in [2.05, 4.69) is 15.5 Å². The summed E-state index contributed by atoms with van der Waals surface area (Å²) in [6.45, 7) is 1.35. The summed E-state index contributed by atoms with van der Waals surface area (Å²) in [6.07, 6.45) is 6.46. The van der Waals surface area contributed by atoms with Gasteiger partial charge < -0.3 is 19.2 Å². The fourth-order valence-corrected chi connectivity index (χ4v) is 6.28. The zero-order chi connectivity index (χ0) is 22.8.